The molecule has 1 amide bonds. The van der Waals surface area contributed by atoms with Crippen LogP contribution in [0, 0.1) is 0 Å². The number of rotatable bonds is 3. The Morgan fingerprint density at radius 1 is 1.43 bits per heavy atom. The summed E-state index contributed by atoms with van der Waals surface area (Å²) in [5, 5.41) is 9.05. The zero-order valence-electron chi connectivity index (χ0n) is 10.9. The second-order valence-corrected chi connectivity index (χ2v) is 5.51. The molecule has 1 atom stereocenters. The van der Waals surface area contributed by atoms with Crippen molar-refractivity contribution in [1.82, 2.24) is 9.88 Å². The van der Waals surface area contributed by atoms with E-state index in [1.165, 1.54) is 28.8 Å². The summed E-state index contributed by atoms with van der Waals surface area (Å²) in [6.45, 7) is 0. The Bertz CT molecular complexity index is 692. The molecule has 1 aromatic carbocycles. The number of para-hydroxylation sites is 2. The Morgan fingerprint density at radius 3 is 3.00 bits per heavy atom. The number of thioether (sulfide) groups is 1. The summed E-state index contributed by atoms with van der Waals surface area (Å²) in [6, 6.07) is 6.53. The average molecular weight is 304 g/mol. The largest absolute Gasteiger partial charge is 0.480 e. The van der Waals surface area contributed by atoms with Gasteiger partial charge in [-0.05, 0) is 12.1 Å². The van der Waals surface area contributed by atoms with Crippen LogP contribution in [-0.2, 0) is 9.59 Å². The molecule has 1 aliphatic heterocycles. The van der Waals surface area contributed by atoms with Crippen molar-refractivity contribution >= 4 is 40.8 Å². The Hall–Kier alpha value is -2.28. The molecule has 2 aromatic rings. The standard InChI is InChI=1S/C14H12N2O4S/c17-13(16-8-21-7-10(16)14(18)19)6-5-12-15-9-3-1-2-4-11(9)20-12/h1-6,10H,7-8H2,(H,18,19)/b6-5+. The number of oxazole rings is 1. The zero-order chi connectivity index (χ0) is 14.8. The Balaban J connectivity index is 1.76. The highest BCUT2D eigenvalue weighted by atomic mass is 32.2. The van der Waals surface area contributed by atoms with Crippen LogP contribution in [-0.4, -0.2) is 44.5 Å². The van der Waals surface area contributed by atoms with E-state index in [1.54, 1.807) is 6.07 Å². The van der Waals surface area contributed by atoms with Crippen LogP contribution in [0.3, 0.4) is 0 Å². The van der Waals surface area contributed by atoms with E-state index in [-0.39, 0.29) is 5.91 Å². The molecule has 6 nitrogen and oxygen atoms in total. The van der Waals surface area contributed by atoms with Gasteiger partial charge in [-0.15, -0.1) is 11.8 Å². The van der Waals surface area contributed by atoms with Crippen molar-refractivity contribution in [3.05, 3.63) is 36.2 Å². The van der Waals surface area contributed by atoms with Crippen LogP contribution < -0.4 is 0 Å². The van der Waals surface area contributed by atoms with Gasteiger partial charge in [0.25, 0.3) is 0 Å². The molecule has 3 rings (SSSR count). The second-order valence-electron chi connectivity index (χ2n) is 4.52. The van der Waals surface area contributed by atoms with Crippen molar-refractivity contribution in [2.24, 2.45) is 0 Å². The number of hydrogen-bond donors (Lipinski definition) is 1. The topological polar surface area (TPSA) is 83.6 Å². The molecule has 1 unspecified atom stereocenters. The number of benzene rings is 1. The van der Waals surface area contributed by atoms with Gasteiger partial charge in [-0.2, -0.15) is 0 Å². The highest BCUT2D eigenvalue weighted by molar-refractivity contribution is 7.99. The van der Waals surface area contributed by atoms with Crippen LogP contribution in [0.2, 0.25) is 0 Å². The molecule has 1 fully saturated rings. The molecule has 0 saturated carbocycles. The number of carbonyl (C=O) groups is 2. The van der Waals surface area contributed by atoms with Crippen molar-refractivity contribution in [3.8, 4) is 0 Å². The highest BCUT2D eigenvalue weighted by Gasteiger charge is 2.33. The zero-order valence-corrected chi connectivity index (χ0v) is 11.7. The third kappa shape index (κ3) is 2.78. The van der Waals surface area contributed by atoms with Crippen molar-refractivity contribution in [1.29, 1.82) is 0 Å². The number of carboxylic acid groups (broad SMARTS) is 1. The van der Waals surface area contributed by atoms with Gasteiger partial charge < -0.3 is 14.4 Å². The number of hydrogen-bond acceptors (Lipinski definition) is 5. The number of nitrogens with zero attached hydrogens (tertiary/aromatic N) is 2. The van der Waals surface area contributed by atoms with E-state index in [4.69, 9.17) is 9.52 Å². The fourth-order valence-corrected chi connectivity index (χ4v) is 3.22. The second kappa shape index (κ2) is 5.61. The summed E-state index contributed by atoms with van der Waals surface area (Å²) in [5.74, 6) is -0.215. The van der Waals surface area contributed by atoms with Crippen LogP contribution in [0.1, 0.15) is 5.89 Å². The lowest BCUT2D eigenvalue weighted by Crippen LogP contribution is -2.40. The summed E-state index contributed by atoms with van der Waals surface area (Å²) in [5.41, 5.74) is 1.36. The molecule has 0 radical (unpaired) electrons. The maximum atomic E-state index is 12.0. The maximum absolute atomic E-state index is 12.0. The van der Waals surface area contributed by atoms with Gasteiger partial charge in [-0.1, -0.05) is 12.1 Å². The maximum Gasteiger partial charge on any atom is 0.327 e. The SMILES string of the molecule is O=C(O)C1CSCN1C(=O)/C=C/c1nc2ccccc2o1. The molecule has 1 aromatic heterocycles. The molecule has 0 aliphatic carbocycles. The van der Waals surface area contributed by atoms with E-state index >= 15 is 0 Å². The van der Waals surface area contributed by atoms with Crippen molar-refractivity contribution in [2.45, 2.75) is 6.04 Å². The minimum atomic E-state index is -0.983. The van der Waals surface area contributed by atoms with Crippen LogP contribution in [0.15, 0.2) is 34.8 Å². The first-order valence-corrected chi connectivity index (χ1v) is 7.45. The predicted octanol–water partition coefficient (Wildman–Crippen LogP) is 1.83. The number of fused-ring (bicyclic) bond motifs is 1. The predicted molar refractivity (Wildman–Crippen MR) is 78.6 cm³/mol. The fraction of sp³-hybridized carbons (Fsp3) is 0.214. The third-order valence-electron chi connectivity index (χ3n) is 3.13. The smallest absolute Gasteiger partial charge is 0.327 e. The highest BCUT2D eigenvalue weighted by Crippen LogP contribution is 2.22. The molecule has 0 bridgehead atoms. The van der Waals surface area contributed by atoms with Crippen LogP contribution in [0.5, 0.6) is 0 Å². The van der Waals surface area contributed by atoms with E-state index < -0.39 is 12.0 Å². The number of amides is 1. The summed E-state index contributed by atoms with van der Waals surface area (Å²) in [4.78, 5) is 28.6. The summed E-state index contributed by atoms with van der Waals surface area (Å²) < 4.78 is 5.47. The van der Waals surface area contributed by atoms with Crippen molar-refractivity contribution in [3.63, 3.8) is 0 Å². The number of aromatic nitrogens is 1. The van der Waals surface area contributed by atoms with Gasteiger partial charge in [0.05, 0.1) is 5.88 Å². The molecule has 108 valence electrons. The minimum Gasteiger partial charge on any atom is -0.480 e. The Morgan fingerprint density at radius 2 is 2.24 bits per heavy atom. The van der Waals surface area contributed by atoms with Crippen LogP contribution in [0.4, 0.5) is 0 Å². The Labute approximate surface area is 124 Å². The molecule has 7 heteroatoms. The quantitative estimate of drug-likeness (QED) is 0.871. The Kier molecular flexibility index (Phi) is 3.66. The molecule has 21 heavy (non-hydrogen) atoms. The molecular weight excluding hydrogens is 292 g/mol. The van der Waals surface area contributed by atoms with E-state index in [0.29, 0.717) is 28.6 Å². The molecule has 1 aliphatic rings. The van der Waals surface area contributed by atoms with Gasteiger partial charge in [0.15, 0.2) is 5.58 Å². The van der Waals surface area contributed by atoms with E-state index in [9.17, 15) is 9.59 Å². The monoisotopic (exact) mass is 304 g/mol. The molecule has 1 N–H and O–H groups in total. The molecule has 2 heterocycles. The lowest BCUT2D eigenvalue weighted by atomic mass is 10.3. The van der Waals surface area contributed by atoms with Gasteiger partial charge in [-0.25, -0.2) is 9.78 Å². The number of aliphatic carboxylic acids is 1. The molecule has 0 spiro atoms. The number of carboxylic acids is 1. The van der Waals surface area contributed by atoms with Gasteiger partial charge in [0, 0.05) is 17.9 Å². The number of carbonyl (C=O) groups excluding carboxylic acids is 1. The first kappa shape index (κ1) is 13.7. The van der Waals surface area contributed by atoms with E-state index in [2.05, 4.69) is 4.98 Å². The van der Waals surface area contributed by atoms with E-state index in [1.807, 2.05) is 18.2 Å². The first-order chi connectivity index (χ1) is 10.1. The lowest BCUT2D eigenvalue weighted by molar-refractivity contribution is -0.146. The average Bonchev–Trinajstić information content (AvgIpc) is 3.10. The summed E-state index contributed by atoms with van der Waals surface area (Å²) in [7, 11) is 0. The normalized spacial score (nSPS) is 18.7. The first-order valence-electron chi connectivity index (χ1n) is 6.30. The third-order valence-corrected chi connectivity index (χ3v) is 4.14. The van der Waals surface area contributed by atoms with Crippen LogP contribution >= 0.6 is 11.8 Å². The van der Waals surface area contributed by atoms with Gasteiger partial charge in [-0.3, -0.25) is 4.79 Å². The van der Waals surface area contributed by atoms with Gasteiger partial charge in [0.2, 0.25) is 11.8 Å². The molecular formula is C14H12N2O4S. The molecule has 1 saturated heterocycles. The van der Waals surface area contributed by atoms with Gasteiger partial charge in [0.1, 0.15) is 11.6 Å². The minimum absolute atomic E-state index is 0.322. The van der Waals surface area contributed by atoms with E-state index in [0.717, 1.165) is 0 Å². The summed E-state index contributed by atoms with van der Waals surface area (Å²) >= 11 is 1.42. The van der Waals surface area contributed by atoms with Crippen LogP contribution in [0.25, 0.3) is 17.2 Å². The fourth-order valence-electron chi connectivity index (χ4n) is 2.06. The van der Waals surface area contributed by atoms with Gasteiger partial charge >= 0.3 is 5.97 Å². The van der Waals surface area contributed by atoms with Crippen molar-refractivity contribution < 1.29 is 19.1 Å². The van der Waals surface area contributed by atoms with Crippen molar-refractivity contribution in [2.75, 3.05) is 11.6 Å². The summed E-state index contributed by atoms with van der Waals surface area (Å²) in [6.07, 6.45) is 2.76. The lowest BCUT2D eigenvalue weighted by Gasteiger charge is -2.18.